The fourth-order valence-electron chi connectivity index (χ4n) is 9.88. The number of nitrogens with one attached hydrogen (secondary N) is 1. The first-order valence-electron chi connectivity index (χ1n) is 35.8. The molecule has 0 atom stereocenters. The molecular formula is C79H99F9N12O9Si2. The van der Waals surface area contributed by atoms with Crippen LogP contribution in [0.4, 0.5) is 39.5 Å². The topological polar surface area (TPSA) is 259 Å². The lowest BCUT2D eigenvalue weighted by Gasteiger charge is -2.27. The van der Waals surface area contributed by atoms with Gasteiger partial charge in [-0.2, -0.15) is 44.6 Å². The van der Waals surface area contributed by atoms with E-state index in [1.165, 1.54) is 0 Å². The van der Waals surface area contributed by atoms with E-state index in [1.54, 1.807) is 129 Å². The number of aliphatic carboxylic acids is 1. The van der Waals surface area contributed by atoms with Crippen molar-refractivity contribution in [2.75, 3.05) is 33.0 Å². The van der Waals surface area contributed by atoms with Crippen LogP contribution in [0, 0.1) is 27.1 Å². The van der Waals surface area contributed by atoms with E-state index in [-0.39, 0.29) is 73.2 Å². The number of rotatable bonds is 30. The number of benzene rings is 3. The van der Waals surface area contributed by atoms with Gasteiger partial charge in [-0.05, 0) is 99.4 Å². The van der Waals surface area contributed by atoms with Gasteiger partial charge in [0.2, 0.25) is 29.3 Å². The lowest BCUT2D eigenvalue weighted by atomic mass is 9.79. The number of carboxylic acid groups (broad SMARTS) is 1. The molecule has 6 aromatic heterocycles. The second-order valence-electron chi connectivity index (χ2n) is 33.7. The van der Waals surface area contributed by atoms with E-state index < -0.39 is 74.4 Å². The van der Waals surface area contributed by atoms with Gasteiger partial charge in [0.1, 0.15) is 44.8 Å². The van der Waals surface area contributed by atoms with E-state index in [0.29, 0.717) is 60.4 Å². The number of nitrogens with zero attached hydrogens (tertiary/aromatic N) is 11. The summed E-state index contributed by atoms with van der Waals surface area (Å²) >= 11 is 0. The Balaban J connectivity index is 0.000000235. The van der Waals surface area contributed by atoms with Gasteiger partial charge in [-0.3, -0.25) is 19.5 Å². The number of H-pyrrole nitrogens is 1. The van der Waals surface area contributed by atoms with E-state index in [1.807, 2.05) is 86.5 Å². The first-order chi connectivity index (χ1) is 51.2. The summed E-state index contributed by atoms with van der Waals surface area (Å²) in [4.78, 5) is 60.3. The minimum Gasteiger partial charge on any atom is -0.481 e. The first-order valence-corrected chi connectivity index (χ1v) is 43.2. The van der Waals surface area contributed by atoms with E-state index in [2.05, 4.69) is 84.5 Å². The highest BCUT2D eigenvalue weighted by Crippen LogP contribution is 2.36. The van der Waals surface area contributed by atoms with Crippen molar-refractivity contribution < 1.29 is 82.7 Å². The molecule has 9 aromatic rings. The molecule has 0 saturated carbocycles. The maximum atomic E-state index is 13.6. The maximum absolute atomic E-state index is 13.6. The lowest BCUT2D eigenvalue weighted by molar-refractivity contribution is -0.150. The molecule has 0 aliphatic carbocycles. The molecule has 9 rings (SSSR count). The Labute approximate surface area is 643 Å². The van der Waals surface area contributed by atoms with Crippen LogP contribution in [-0.2, 0) is 55.8 Å². The molecule has 21 nitrogen and oxygen atoms in total. The molecule has 0 saturated heterocycles. The summed E-state index contributed by atoms with van der Waals surface area (Å²) in [5.74, 6) is -3.02. The number of carbonyl (C=O) groups excluding carboxylic acids is 2. The van der Waals surface area contributed by atoms with Gasteiger partial charge in [-0.15, -0.1) is 10.2 Å². The Bertz CT molecular complexity index is 4520. The van der Waals surface area contributed by atoms with Gasteiger partial charge in [0.05, 0.1) is 16.2 Å². The molecule has 0 amide bonds. The minimum absolute atomic E-state index is 0.0248. The second kappa shape index (κ2) is 35.9. The smallest absolute Gasteiger partial charge is 0.453 e. The zero-order valence-corrected chi connectivity index (χ0v) is 67.9. The summed E-state index contributed by atoms with van der Waals surface area (Å²) in [5.41, 5.74) is 3.65. The molecule has 111 heavy (non-hydrogen) atoms. The molecule has 600 valence electrons. The highest BCUT2D eigenvalue weighted by molar-refractivity contribution is 6.76. The quantitative estimate of drug-likeness (QED) is 0.0241. The SMILES string of the molecule is CC(C)(C)CC(=O)C(C)(C)COc1ccc(-c2ccc(-c3nc(C(F)(F)F)n(COCC[Si](C)(C)C)n3)cc2)cn1.CC(C)(C)CC(=O)C(C)(C)COc1ccc(-c2ccc(-c3nc(C(F)(F)F)nn3COCC[Si](C)(C)C)cc2)cn1.CC(C)(COc1ccc(-c2ccc(-c3n[nH]c(C(F)(F)F)n3)cc2)cn1)C(=O)O. The van der Waals surface area contributed by atoms with Crippen molar-refractivity contribution in [3.05, 3.63) is 145 Å². The number of aromatic amines is 1. The summed E-state index contributed by atoms with van der Waals surface area (Å²) < 4.78 is 149. The summed E-state index contributed by atoms with van der Waals surface area (Å²) in [5, 5.41) is 22.3. The van der Waals surface area contributed by atoms with Gasteiger partial charge >= 0.3 is 24.5 Å². The van der Waals surface area contributed by atoms with Crippen LogP contribution in [0.5, 0.6) is 17.6 Å². The Kier molecular flexibility index (Phi) is 28.7. The van der Waals surface area contributed by atoms with Gasteiger partial charge in [0.15, 0.2) is 17.5 Å². The van der Waals surface area contributed by atoms with Gasteiger partial charge in [0.25, 0.3) is 5.82 Å². The van der Waals surface area contributed by atoms with Crippen molar-refractivity contribution in [2.45, 2.75) is 179 Å². The molecule has 0 bridgehead atoms. The third-order valence-corrected chi connectivity index (χ3v) is 20.3. The third-order valence-electron chi connectivity index (χ3n) is 16.9. The maximum Gasteiger partial charge on any atom is 0.453 e. The summed E-state index contributed by atoms with van der Waals surface area (Å²) in [7, 11) is -2.71. The van der Waals surface area contributed by atoms with Gasteiger partial charge in [-0.25, -0.2) is 39.3 Å². The lowest BCUT2D eigenvalue weighted by Crippen LogP contribution is -2.33. The summed E-state index contributed by atoms with van der Waals surface area (Å²) in [6, 6.07) is 32.8. The average Bonchev–Trinajstić information content (AvgIpc) is 1.67. The standard InChI is InChI=1S/2C30H41F3N4O3Si.C19H17F3N4O3/c1-28(2,3)17-24(38)29(4,5)19-40-25-14-13-23(18-34-25)21-9-11-22(12-10-21)26-35-27(30(31,32)33)36-37(26)20-39-15-16-41(6,7)8;1-28(2,3)17-24(38)29(4,5)19-40-25-14-13-23(18-34-25)21-9-11-22(12-10-21)26-35-27(30(31,32)33)37(36-26)20-39-15-16-41(6,7)8;1-18(2,17(27)28)10-29-14-8-7-13(9-23-14)11-3-5-12(6-4-11)15-24-16(26-25-15)19(20,21)22/h2*9-14,18H,15-17,19-20H2,1-8H3;3-9H,10H2,1-2H3,(H,27,28)(H,24,25,26). The van der Waals surface area contributed by atoms with Crippen molar-refractivity contribution in [3.63, 3.8) is 0 Å². The van der Waals surface area contributed by atoms with E-state index in [0.717, 1.165) is 54.8 Å². The number of aromatic nitrogens is 12. The van der Waals surface area contributed by atoms with Crippen LogP contribution in [0.15, 0.2) is 128 Å². The Morgan fingerprint density at radius 1 is 0.423 bits per heavy atom. The monoisotopic (exact) mass is 1590 g/mol. The number of carbonyl (C=O) groups is 3. The van der Waals surface area contributed by atoms with Crippen LogP contribution in [0.3, 0.4) is 0 Å². The molecule has 0 spiro atoms. The predicted molar refractivity (Wildman–Crippen MR) is 409 cm³/mol. The van der Waals surface area contributed by atoms with Gasteiger partial charge in [0, 0.05) is 112 Å². The van der Waals surface area contributed by atoms with Gasteiger partial charge in [-0.1, -0.05) is 154 Å². The number of Topliss-reactive ketones (excluding diaryl/α,β-unsaturated/α-hetero) is 2. The van der Waals surface area contributed by atoms with Crippen LogP contribution < -0.4 is 14.2 Å². The van der Waals surface area contributed by atoms with Crippen LogP contribution in [0.1, 0.15) is 113 Å². The van der Waals surface area contributed by atoms with E-state index in [9.17, 15) is 53.9 Å². The second-order valence-corrected chi connectivity index (χ2v) is 45.0. The third kappa shape index (κ3) is 27.7. The number of carboxylic acids is 1. The fraction of sp³-hybridized carbons (Fsp3) is 0.468. The highest BCUT2D eigenvalue weighted by Gasteiger charge is 2.41. The number of hydrogen-bond donors (Lipinski definition) is 2. The van der Waals surface area contributed by atoms with Crippen LogP contribution >= 0.6 is 0 Å². The zero-order chi connectivity index (χ0) is 82.5. The molecule has 0 radical (unpaired) electrons. The van der Waals surface area contributed by atoms with Gasteiger partial charge < -0.3 is 28.8 Å². The molecule has 0 aliphatic rings. The molecule has 3 aromatic carbocycles. The summed E-state index contributed by atoms with van der Waals surface area (Å²) in [6.45, 7) is 36.7. The number of alkyl halides is 9. The van der Waals surface area contributed by atoms with Crippen LogP contribution in [-0.4, -0.2) is 131 Å². The summed E-state index contributed by atoms with van der Waals surface area (Å²) in [6.07, 6.45) is -8.10. The number of halogens is 9. The van der Waals surface area contributed by atoms with Crippen molar-refractivity contribution in [2.24, 2.45) is 27.1 Å². The average molecular weight is 1590 g/mol. The van der Waals surface area contributed by atoms with E-state index in [4.69, 9.17) is 28.8 Å². The molecule has 0 aliphatic heterocycles. The molecular weight excluding hydrogens is 1490 g/mol. The zero-order valence-electron chi connectivity index (χ0n) is 65.9. The fourth-order valence-corrected chi connectivity index (χ4v) is 11.4. The molecule has 32 heteroatoms. The molecule has 0 fully saturated rings. The number of hydrogen-bond acceptors (Lipinski definition) is 17. The predicted octanol–water partition coefficient (Wildman–Crippen LogP) is 19.5. The molecule has 2 N–H and O–H groups in total. The first kappa shape index (κ1) is 88.7. The van der Waals surface area contributed by atoms with Crippen molar-refractivity contribution in [1.82, 2.24) is 59.7 Å². The normalized spacial score (nSPS) is 12.7. The number of ketones is 2. The Morgan fingerprint density at radius 2 is 0.784 bits per heavy atom. The Morgan fingerprint density at radius 3 is 1.12 bits per heavy atom. The number of pyridine rings is 3. The van der Waals surface area contributed by atoms with E-state index >= 15 is 0 Å². The molecule has 0 unspecified atom stereocenters. The Hall–Kier alpha value is -9.54. The van der Waals surface area contributed by atoms with Crippen LogP contribution in [0.2, 0.25) is 51.4 Å². The highest BCUT2D eigenvalue weighted by atomic mass is 28.3. The van der Waals surface area contributed by atoms with Crippen LogP contribution in [0.25, 0.3) is 67.5 Å². The van der Waals surface area contributed by atoms with Crippen molar-refractivity contribution in [1.29, 1.82) is 0 Å². The number of ether oxygens (including phenoxy) is 5. The minimum atomic E-state index is -4.66. The van der Waals surface area contributed by atoms with Crippen molar-refractivity contribution in [3.8, 4) is 85.2 Å². The largest absolute Gasteiger partial charge is 0.481 e. The van der Waals surface area contributed by atoms with Crippen molar-refractivity contribution >= 4 is 33.7 Å². The molecule has 6 heterocycles.